The third-order valence-electron chi connectivity index (χ3n) is 4.01. The van der Waals surface area contributed by atoms with Gasteiger partial charge < -0.3 is 5.32 Å². The second-order valence-electron chi connectivity index (χ2n) is 5.71. The van der Waals surface area contributed by atoms with Gasteiger partial charge in [0.05, 0.1) is 11.8 Å². The lowest BCUT2D eigenvalue weighted by atomic mass is 9.85. The van der Waals surface area contributed by atoms with E-state index in [1.54, 1.807) is 17.8 Å². The number of hydrogen-bond acceptors (Lipinski definition) is 3. The second kappa shape index (κ2) is 6.08. The first-order valence-corrected chi connectivity index (χ1v) is 7.31. The van der Waals surface area contributed by atoms with Crippen LogP contribution in [0.25, 0.3) is 0 Å². The van der Waals surface area contributed by atoms with Crippen molar-refractivity contribution in [3.8, 4) is 6.07 Å². The van der Waals surface area contributed by atoms with E-state index in [0.29, 0.717) is 5.69 Å². The molecule has 20 heavy (non-hydrogen) atoms. The first kappa shape index (κ1) is 14.6. The standard InChI is InChI=1S/C15H22N4O/c1-12-10-13(19(2)18-12)14(20)17-15(11-16)8-6-4-3-5-7-9-15/h10H,3-9H2,1-2H3,(H,17,20). The fourth-order valence-corrected chi connectivity index (χ4v) is 2.88. The molecule has 0 aliphatic heterocycles. The van der Waals surface area contributed by atoms with Crippen LogP contribution in [0.5, 0.6) is 0 Å². The quantitative estimate of drug-likeness (QED) is 0.900. The summed E-state index contributed by atoms with van der Waals surface area (Å²) in [4.78, 5) is 12.4. The van der Waals surface area contributed by atoms with Crippen molar-refractivity contribution in [2.45, 2.75) is 57.4 Å². The maximum absolute atomic E-state index is 12.4. The number of amides is 1. The number of aryl methyl sites for hydroxylation is 2. The van der Waals surface area contributed by atoms with Gasteiger partial charge in [-0.25, -0.2) is 0 Å². The maximum atomic E-state index is 12.4. The highest BCUT2D eigenvalue weighted by Crippen LogP contribution is 2.26. The Kier molecular flexibility index (Phi) is 4.43. The monoisotopic (exact) mass is 274 g/mol. The highest BCUT2D eigenvalue weighted by atomic mass is 16.2. The molecule has 0 saturated heterocycles. The van der Waals surface area contributed by atoms with Gasteiger partial charge in [0.25, 0.3) is 5.91 Å². The zero-order valence-corrected chi connectivity index (χ0v) is 12.3. The molecule has 0 radical (unpaired) electrons. The Bertz CT molecular complexity index is 518. The van der Waals surface area contributed by atoms with E-state index in [0.717, 1.165) is 44.2 Å². The number of carbonyl (C=O) groups excluding carboxylic acids is 1. The average Bonchev–Trinajstić information content (AvgIpc) is 2.72. The summed E-state index contributed by atoms with van der Waals surface area (Å²) < 4.78 is 1.57. The SMILES string of the molecule is Cc1cc(C(=O)NC2(C#N)CCCCCCC2)n(C)n1. The van der Waals surface area contributed by atoms with E-state index in [1.165, 1.54) is 6.42 Å². The minimum Gasteiger partial charge on any atom is -0.332 e. The Morgan fingerprint density at radius 2 is 1.95 bits per heavy atom. The molecule has 1 aromatic heterocycles. The van der Waals surface area contributed by atoms with E-state index in [2.05, 4.69) is 16.5 Å². The van der Waals surface area contributed by atoms with Gasteiger partial charge in [-0.3, -0.25) is 9.48 Å². The first-order chi connectivity index (χ1) is 9.56. The van der Waals surface area contributed by atoms with Gasteiger partial charge in [-0.05, 0) is 25.8 Å². The van der Waals surface area contributed by atoms with Crippen LogP contribution in [0.15, 0.2) is 6.07 Å². The zero-order valence-electron chi connectivity index (χ0n) is 12.3. The molecule has 1 amide bonds. The van der Waals surface area contributed by atoms with Gasteiger partial charge in [-0.1, -0.05) is 32.1 Å². The molecule has 2 rings (SSSR count). The largest absolute Gasteiger partial charge is 0.332 e. The van der Waals surface area contributed by atoms with Gasteiger partial charge in [0.2, 0.25) is 0 Å². The van der Waals surface area contributed by atoms with E-state index in [-0.39, 0.29) is 5.91 Å². The molecule has 108 valence electrons. The van der Waals surface area contributed by atoms with Gasteiger partial charge in [-0.2, -0.15) is 10.4 Å². The molecule has 5 heteroatoms. The van der Waals surface area contributed by atoms with Crippen LogP contribution >= 0.6 is 0 Å². The summed E-state index contributed by atoms with van der Waals surface area (Å²) in [6.07, 6.45) is 7.00. The number of aromatic nitrogens is 2. The van der Waals surface area contributed by atoms with Crippen molar-refractivity contribution >= 4 is 5.91 Å². The van der Waals surface area contributed by atoms with Crippen LogP contribution < -0.4 is 5.32 Å². The molecule has 0 spiro atoms. The Morgan fingerprint density at radius 3 is 2.45 bits per heavy atom. The van der Waals surface area contributed by atoms with E-state index >= 15 is 0 Å². The van der Waals surface area contributed by atoms with Crippen molar-refractivity contribution in [2.75, 3.05) is 0 Å². The smallest absolute Gasteiger partial charge is 0.270 e. The van der Waals surface area contributed by atoms with Gasteiger partial charge in [-0.15, -0.1) is 0 Å². The van der Waals surface area contributed by atoms with E-state index in [4.69, 9.17) is 0 Å². The number of nitrogens with zero attached hydrogens (tertiary/aromatic N) is 3. The molecule has 0 bridgehead atoms. The summed E-state index contributed by atoms with van der Waals surface area (Å²) in [5.41, 5.74) is 0.607. The maximum Gasteiger partial charge on any atom is 0.270 e. The van der Waals surface area contributed by atoms with Crippen LogP contribution in [0, 0.1) is 18.3 Å². The van der Waals surface area contributed by atoms with Crippen molar-refractivity contribution in [2.24, 2.45) is 7.05 Å². The van der Waals surface area contributed by atoms with Crippen LogP contribution in [0.2, 0.25) is 0 Å². The van der Waals surface area contributed by atoms with Crippen molar-refractivity contribution in [3.05, 3.63) is 17.5 Å². The van der Waals surface area contributed by atoms with Crippen LogP contribution in [0.3, 0.4) is 0 Å². The van der Waals surface area contributed by atoms with Gasteiger partial charge >= 0.3 is 0 Å². The van der Waals surface area contributed by atoms with Gasteiger partial charge in [0, 0.05) is 7.05 Å². The molecule has 1 N–H and O–H groups in total. The van der Waals surface area contributed by atoms with Crippen LogP contribution in [-0.2, 0) is 7.05 Å². The minimum atomic E-state index is -0.713. The third kappa shape index (κ3) is 3.19. The molecule has 1 saturated carbocycles. The normalized spacial score (nSPS) is 18.6. The molecule has 1 aliphatic rings. The minimum absolute atomic E-state index is 0.199. The van der Waals surface area contributed by atoms with E-state index < -0.39 is 5.54 Å². The van der Waals surface area contributed by atoms with E-state index in [9.17, 15) is 10.1 Å². The predicted molar refractivity (Wildman–Crippen MR) is 76.1 cm³/mol. The summed E-state index contributed by atoms with van der Waals surface area (Å²) in [6.45, 7) is 1.85. The Hall–Kier alpha value is -1.83. The molecular weight excluding hydrogens is 252 g/mol. The van der Waals surface area contributed by atoms with Gasteiger partial charge in [0.1, 0.15) is 11.2 Å². The number of nitrogens with one attached hydrogen (secondary N) is 1. The number of nitriles is 1. The Balaban J connectivity index is 2.14. The van der Waals surface area contributed by atoms with Crippen LogP contribution in [-0.4, -0.2) is 21.2 Å². The molecule has 1 aromatic rings. The first-order valence-electron chi connectivity index (χ1n) is 7.31. The molecule has 1 aliphatic carbocycles. The zero-order chi connectivity index (χ0) is 14.6. The molecule has 1 heterocycles. The number of rotatable bonds is 2. The van der Waals surface area contributed by atoms with Crippen LogP contribution in [0.4, 0.5) is 0 Å². The third-order valence-corrected chi connectivity index (χ3v) is 4.01. The molecular formula is C15H22N4O. The van der Waals surface area contributed by atoms with Crippen molar-refractivity contribution in [1.29, 1.82) is 5.26 Å². The summed E-state index contributed by atoms with van der Waals surface area (Å²) in [5.74, 6) is -0.199. The second-order valence-corrected chi connectivity index (χ2v) is 5.71. The van der Waals surface area contributed by atoms with Crippen molar-refractivity contribution in [1.82, 2.24) is 15.1 Å². The molecule has 0 aromatic carbocycles. The molecule has 5 nitrogen and oxygen atoms in total. The molecule has 1 fully saturated rings. The summed E-state index contributed by atoms with van der Waals surface area (Å²) in [7, 11) is 1.75. The van der Waals surface area contributed by atoms with Crippen molar-refractivity contribution < 1.29 is 4.79 Å². The molecule has 0 atom stereocenters. The average molecular weight is 274 g/mol. The fourth-order valence-electron chi connectivity index (χ4n) is 2.88. The van der Waals surface area contributed by atoms with E-state index in [1.807, 2.05) is 6.92 Å². The Morgan fingerprint density at radius 1 is 1.35 bits per heavy atom. The molecule has 0 unspecified atom stereocenters. The van der Waals surface area contributed by atoms with Crippen LogP contribution in [0.1, 0.15) is 61.1 Å². The number of hydrogen-bond donors (Lipinski definition) is 1. The highest BCUT2D eigenvalue weighted by Gasteiger charge is 2.32. The lowest BCUT2D eigenvalue weighted by Gasteiger charge is -2.29. The lowest BCUT2D eigenvalue weighted by Crippen LogP contribution is -2.48. The summed E-state index contributed by atoms with van der Waals surface area (Å²) in [5, 5.41) is 16.7. The number of carbonyl (C=O) groups is 1. The lowest BCUT2D eigenvalue weighted by molar-refractivity contribution is 0.0898. The predicted octanol–water partition coefficient (Wildman–Crippen LogP) is 2.47. The topological polar surface area (TPSA) is 70.7 Å². The highest BCUT2D eigenvalue weighted by molar-refractivity contribution is 5.93. The fraction of sp³-hybridized carbons (Fsp3) is 0.667. The van der Waals surface area contributed by atoms with Crippen molar-refractivity contribution in [3.63, 3.8) is 0 Å². The van der Waals surface area contributed by atoms with Gasteiger partial charge in [0.15, 0.2) is 0 Å². The Labute approximate surface area is 120 Å². The summed E-state index contributed by atoms with van der Waals surface area (Å²) >= 11 is 0. The summed E-state index contributed by atoms with van der Waals surface area (Å²) in [6, 6.07) is 4.10.